The van der Waals surface area contributed by atoms with E-state index in [4.69, 9.17) is 9.97 Å². The number of hydrogen-bond acceptors (Lipinski definition) is 4. The summed E-state index contributed by atoms with van der Waals surface area (Å²) in [7, 11) is 0. The summed E-state index contributed by atoms with van der Waals surface area (Å²) in [6.45, 7) is 0. The molecule has 2 N–H and O–H groups in total. The fourth-order valence-corrected chi connectivity index (χ4v) is 4.77. The van der Waals surface area contributed by atoms with E-state index in [-0.39, 0.29) is 11.5 Å². The van der Waals surface area contributed by atoms with Crippen LogP contribution in [0.1, 0.15) is 22.4 Å². The summed E-state index contributed by atoms with van der Waals surface area (Å²) in [5.74, 6) is 0.418. The molecule has 0 fully saturated rings. The lowest BCUT2D eigenvalue weighted by Crippen LogP contribution is -2.29. The van der Waals surface area contributed by atoms with E-state index in [9.17, 15) is 10.2 Å². The molecule has 4 nitrogen and oxygen atoms in total. The molecule has 148 valence electrons. The lowest BCUT2D eigenvalue weighted by molar-refractivity contribution is 0.474. The molecule has 0 atom stereocenters. The minimum Gasteiger partial charge on any atom is -0.508 e. The molecule has 31 heavy (non-hydrogen) atoms. The zero-order valence-electron chi connectivity index (χ0n) is 16.5. The fourth-order valence-electron chi connectivity index (χ4n) is 4.77. The van der Waals surface area contributed by atoms with Crippen molar-refractivity contribution in [1.29, 1.82) is 0 Å². The number of aromatic nitrogens is 2. The standard InChI is InChI=1S/C27H18N2O2/c30-19-13-9-17(10-14-19)27(18-11-15-20(31)16-12-18)22-6-2-1-5-21(22)25-26(27)29-24-8-4-3-7-23(24)28-25/h1-16,30-31H. The molecule has 0 unspecified atom stereocenters. The first-order chi connectivity index (χ1) is 15.2. The van der Waals surface area contributed by atoms with E-state index < -0.39 is 5.41 Å². The van der Waals surface area contributed by atoms with Gasteiger partial charge in [0.2, 0.25) is 0 Å². The summed E-state index contributed by atoms with van der Waals surface area (Å²) in [6, 6.07) is 30.7. The predicted octanol–water partition coefficient (Wildman–Crippen LogP) is 5.40. The highest BCUT2D eigenvalue weighted by Gasteiger charge is 2.48. The summed E-state index contributed by atoms with van der Waals surface area (Å²) in [6.07, 6.45) is 0. The van der Waals surface area contributed by atoms with Gasteiger partial charge < -0.3 is 10.2 Å². The molecule has 1 aliphatic carbocycles. The van der Waals surface area contributed by atoms with Crippen LogP contribution in [0, 0.1) is 0 Å². The van der Waals surface area contributed by atoms with Gasteiger partial charge in [0.15, 0.2) is 0 Å². The van der Waals surface area contributed by atoms with Crippen molar-refractivity contribution in [2.45, 2.75) is 5.41 Å². The first-order valence-corrected chi connectivity index (χ1v) is 10.1. The van der Waals surface area contributed by atoms with Crippen LogP contribution in [0.4, 0.5) is 0 Å². The van der Waals surface area contributed by atoms with Crippen LogP contribution in [0.5, 0.6) is 11.5 Å². The summed E-state index contributed by atoms with van der Waals surface area (Å²) in [5.41, 5.74) is 6.75. The maximum Gasteiger partial charge on any atom is 0.115 e. The van der Waals surface area contributed by atoms with Crippen LogP contribution in [0.15, 0.2) is 97.1 Å². The number of hydrogen-bond donors (Lipinski definition) is 2. The molecule has 0 amide bonds. The van der Waals surface area contributed by atoms with E-state index in [0.29, 0.717) is 0 Å². The molecule has 0 aliphatic heterocycles. The largest absolute Gasteiger partial charge is 0.508 e. The van der Waals surface area contributed by atoms with Crippen molar-refractivity contribution in [1.82, 2.24) is 9.97 Å². The number of nitrogens with zero attached hydrogens (tertiary/aromatic N) is 2. The fraction of sp³-hybridized carbons (Fsp3) is 0.0370. The first-order valence-electron chi connectivity index (χ1n) is 10.1. The normalized spacial score (nSPS) is 13.7. The third kappa shape index (κ3) is 2.42. The average Bonchev–Trinajstić information content (AvgIpc) is 3.09. The molecule has 6 rings (SSSR count). The Morgan fingerprint density at radius 2 is 1.06 bits per heavy atom. The van der Waals surface area contributed by atoms with Gasteiger partial charge in [-0.1, -0.05) is 60.7 Å². The average molecular weight is 402 g/mol. The molecule has 0 spiro atoms. The number of rotatable bonds is 2. The van der Waals surface area contributed by atoms with E-state index in [2.05, 4.69) is 12.1 Å². The number of para-hydroxylation sites is 2. The van der Waals surface area contributed by atoms with Crippen LogP contribution in [-0.2, 0) is 5.41 Å². The lowest BCUT2D eigenvalue weighted by Gasteiger charge is -2.32. The Morgan fingerprint density at radius 1 is 0.548 bits per heavy atom. The minimum absolute atomic E-state index is 0.209. The molecule has 4 aromatic carbocycles. The summed E-state index contributed by atoms with van der Waals surface area (Å²) in [5, 5.41) is 19.9. The van der Waals surface area contributed by atoms with Crippen LogP contribution >= 0.6 is 0 Å². The Morgan fingerprint density at radius 3 is 1.68 bits per heavy atom. The smallest absolute Gasteiger partial charge is 0.115 e. The molecule has 0 saturated carbocycles. The highest BCUT2D eigenvalue weighted by atomic mass is 16.3. The van der Waals surface area contributed by atoms with Gasteiger partial charge in [-0.05, 0) is 53.1 Å². The van der Waals surface area contributed by atoms with Gasteiger partial charge in [-0.25, -0.2) is 9.97 Å². The van der Waals surface area contributed by atoms with Crippen molar-refractivity contribution >= 4 is 11.0 Å². The molecule has 4 heteroatoms. The zero-order chi connectivity index (χ0) is 21.0. The van der Waals surface area contributed by atoms with E-state index in [1.807, 2.05) is 60.7 Å². The van der Waals surface area contributed by atoms with E-state index in [0.717, 1.165) is 44.7 Å². The summed E-state index contributed by atoms with van der Waals surface area (Å²) >= 11 is 0. The van der Waals surface area contributed by atoms with Crippen molar-refractivity contribution in [3.63, 3.8) is 0 Å². The van der Waals surface area contributed by atoms with E-state index >= 15 is 0 Å². The van der Waals surface area contributed by atoms with Gasteiger partial charge in [-0.2, -0.15) is 0 Å². The Kier molecular flexibility index (Phi) is 3.65. The monoisotopic (exact) mass is 402 g/mol. The summed E-state index contributed by atoms with van der Waals surface area (Å²) < 4.78 is 0. The Balaban J connectivity index is 1.80. The zero-order valence-corrected chi connectivity index (χ0v) is 16.5. The molecular weight excluding hydrogens is 384 g/mol. The molecule has 1 aliphatic rings. The number of fused-ring (bicyclic) bond motifs is 4. The maximum atomic E-state index is 9.96. The van der Waals surface area contributed by atoms with Crippen LogP contribution < -0.4 is 0 Å². The number of phenolic OH excluding ortho intramolecular Hbond substituents is 2. The van der Waals surface area contributed by atoms with Gasteiger partial charge in [-0.15, -0.1) is 0 Å². The SMILES string of the molecule is Oc1ccc(C2(c3ccc(O)cc3)c3ccccc3-c3nc4ccccc4nc32)cc1. The van der Waals surface area contributed by atoms with E-state index in [1.165, 1.54) is 0 Å². The van der Waals surface area contributed by atoms with Crippen molar-refractivity contribution in [2.75, 3.05) is 0 Å². The van der Waals surface area contributed by atoms with Gasteiger partial charge in [0.05, 0.1) is 27.8 Å². The van der Waals surface area contributed by atoms with Gasteiger partial charge in [-0.3, -0.25) is 0 Å². The molecule has 1 aromatic heterocycles. The second-order valence-corrected chi connectivity index (χ2v) is 7.80. The third-order valence-electron chi connectivity index (χ3n) is 6.11. The molecule has 5 aromatic rings. The lowest BCUT2D eigenvalue weighted by atomic mass is 9.69. The number of benzene rings is 4. The summed E-state index contributed by atoms with van der Waals surface area (Å²) in [4.78, 5) is 10.2. The van der Waals surface area contributed by atoms with Gasteiger partial charge in [0, 0.05) is 5.56 Å². The van der Waals surface area contributed by atoms with Crippen molar-refractivity contribution in [3.05, 3.63) is 119 Å². The topological polar surface area (TPSA) is 66.2 Å². The quantitative estimate of drug-likeness (QED) is 0.407. The molecule has 0 saturated heterocycles. The Hall–Kier alpha value is -4.18. The molecular formula is C27H18N2O2. The van der Waals surface area contributed by atoms with Crippen molar-refractivity contribution < 1.29 is 10.2 Å². The molecule has 0 bridgehead atoms. The second kappa shape index (κ2) is 6.41. The first kappa shape index (κ1) is 17.7. The van der Waals surface area contributed by atoms with Crippen LogP contribution in [0.25, 0.3) is 22.3 Å². The van der Waals surface area contributed by atoms with Gasteiger partial charge >= 0.3 is 0 Å². The Labute approximate surface area is 179 Å². The van der Waals surface area contributed by atoms with Gasteiger partial charge in [0.25, 0.3) is 0 Å². The third-order valence-corrected chi connectivity index (χ3v) is 6.11. The maximum absolute atomic E-state index is 9.96. The van der Waals surface area contributed by atoms with Crippen LogP contribution in [0.3, 0.4) is 0 Å². The highest BCUT2D eigenvalue weighted by Crippen LogP contribution is 2.55. The van der Waals surface area contributed by atoms with Gasteiger partial charge in [0.1, 0.15) is 11.5 Å². The van der Waals surface area contributed by atoms with Crippen LogP contribution in [-0.4, -0.2) is 20.2 Å². The minimum atomic E-state index is -0.718. The van der Waals surface area contributed by atoms with Crippen molar-refractivity contribution in [3.8, 4) is 22.8 Å². The second-order valence-electron chi connectivity index (χ2n) is 7.80. The Bertz CT molecular complexity index is 1400. The molecule has 0 radical (unpaired) electrons. The van der Waals surface area contributed by atoms with Crippen molar-refractivity contribution in [2.24, 2.45) is 0 Å². The highest BCUT2D eigenvalue weighted by molar-refractivity contribution is 5.87. The van der Waals surface area contributed by atoms with E-state index in [1.54, 1.807) is 24.3 Å². The number of phenols is 2. The number of aromatic hydroxyl groups is 2. The predicted molar refractivity (Wildman–Crippen MR) is 120 cm³/mol. The van der Waals surface area contributed by atoms with Crippen LogP contribution in [0.2, 0.25) is 0 Å². The molecule has 1 heterocycles.